The minimum atomic E-state index is -0.848. The van der Waals surface area contributed by atoms with Gasteiger partial charge in [-0.1, -0.05) is 25.1 Å². The second-order valence-corrected chi connectivity index (χ2v) is 5.68. The average molecular weight is 287 g/mol. The third-order valence-corrected chi connectivity index (χ3v) is 4.25. The monoisotopic (exact) mass is 287 g/mol. The molecule has 0 bridgehead atoms. The smallest absolute Gasteiger partial charge is 0.308 e. The van der Waals surface area contributed by atoms with E-state index in [9.17, 15) is 9.59 Å². The van der Waals surface area contributed by atoms with E-state index in [4.69, 9.17) is 9.52 Å². The van der Waals surface area contributed by atoms with E-state index in [1.165, 1.54) is 0 Å². The summed E-state index contributed by atoms with van der Waals surface area (Å²) in [4.78, 5) is 25.3. The number of furan rings is 1. The highest BCUT2D eigenvalue weighted by atomic mass is 16.4. The van der Waals surface area contributed by atoms with Crippen molar-refractivity contribution in [2.45, 2.75) is 13.8 Å². The van der Waals surface area contributed by atoms with E-state index in [0.717, 1.165) is 10.9 Å². The summed E-state index contributed by atoms with van der Waals surface area (Å²) in [5.74, 6) is -1.30. The summed E-state index contributed by atoms with van der Waals surface area (Å²) >= 11 is 0. The van der Waals surface area contributed by atoms with Crippen LogP contribution in [0.25, 0.3) is 11.0 Å². The second kappa shape index (κ2) is 4.91. The maximum atomic E-state index is 12.6. The van der Waals surface area contributed by atoms with E-state index in [2.05, 4.69) is 0 Å². The zero-order chi connectivity index (χ0) is 15.1. The third-order valence-electron chi connectivity index (χ3n) is 4.25. The lowest BCUT2D eigenvalue weighted by atomic mass is 9.99. The summed E-state index contributed by atoms with van der Waals surface area (Å²) in [7, 11) is 0. The highest BCUT2D eigenvalue weighted by Gasteiger charge is 2.38. The Morgan fingerprint density at radius 1 is 1.29 bits per heavy atom. The van der Waals surface area contributed by atoms with Gasteiger partial charge in [0, 0.05) is 24.0 Å². The summed E-state index contributed by atoms with van der Waals surface area (Å²) in [6.07, 6.45) is 0. The number of amides is 1. The molecule has 1 fully saturated rings. The number of fused-ring (bicyclic) bond motifs is 1. The number of aliphatic carboxylic acids is 1. The molecule has 1 aliphatic rings. The first-order valence-electron chi connectivity index (χ1n) is 6.99. The SMILES string of the molecule is Cc1c(C(=O)N2C[C@@H](C)[C@H](C(=O)O)C2)oc2ccccc12. The normalized spacial score (nSPS) is 21.9. The van der Waals surface area contributed by atoms with Crippen molar-refractivity contribution in [3.63, 3.8) is 0 Å². The van der Waals surface area contributed by atoms with Crippen molar-refractivity contribution >= 4 is 22.8 Å². The molecule has 0 unspecified atom stereocenters. The largest absolute Gasteiger partial charge is 0.481 e. The predicted octanol–water partition coefficient (Wildman–Crippen LogP) is 2.53. The first-order valence-corrected chi connectivity index (χ1v) is 6.99. The van der Waals surface area contributed by atoms with E-state index in [1.54, 1.807) is 4.90 Å². The Hall–Kier alpha value is -2.30. The van der Waals surface area contributed by atoms with Crippen LogP contribution >= 0.6 is 0 Å². The number of benzene rings is 1. The number of hydrogen-bond donors (Lipinski definition) is 1. The quantitative estimate of drug-likeness (QED) is 0.921. The Balaban J connectivity index is 1.91. The molecule has 1 aromatic heterocycles. The molecule has 3 rings (SSSR count). The van der Waals surface area contributed by atoms with Gasteiger partial charge in [0.1, 0.15) is 5.58 Å². The second-order valence-electron chi connectivity index (χ2n) is 5.68. The van der Waals surface area contributed by atoms with Gasteiger partial charge in [0.15, 0.2) is 5.76 Å². The van der Waals surface area contributed by atoms with Crippen molar-refractivity contribution in [3.05, 3.63) is 35.6 Å². The number of nitrogens with zero attached hydrogens (tertiary/aromatic N) is 1. The van der Waals surface area contributed by atoms with Gasteiger partial charge >= 0.3 is 5.97 Å². The number of aryl methyl sites for hydroxylation is 1. The van der Waals surface area contributed by atoms with Crippen LogP contribution in [0.3, 0.4) is 0 Å². The first kappa shape index (κ1) is 13.7. The molecule has 21 heavy (non-hydrogen) atoms. The Morgan fingerprint density at radius 2 is 2.00 bits per heavy atom. The average Bonchev–Trinajstić information content (AvgIpc) is 3.00. The van der Waals surface area contributed by atoms with Gasteiger partial charge in [-0.15, -0.1) is 0 Å². The van der Waals surface area contributed by atoms with Gasteiger partial charge in [-0.25, -0.2) is 0 Å². The van der Waals surface area contributed by atoms with Gasteiger partial charge < -0.3 is 14.4 Å². The zero-order valence-corrected chi connectivity index (χ0v) is 12.0. The molecule has 2 heterocycles. The highest BCUT2D eigenvalue weighted by Crippen LogP contribution is 2.29. The highest BCUT2D eigenvalue weighted by molar-refractivity contribution is 5.99. The van der Waals surface area contributed by atoms with Gasteiger partial charge in [0.25, 0.3) is 5.91 Å². The van der Waals surface area contributed by atoms with E-state index >= 15 is 0 Å². The van der Waals surface area contributed by atoms with Crippen LogP contribution in [0.1, 0.15) is 23.0 Å². The summed E-state index contributed by atoms with van der Waals surface area (Å²) in [6.45, 7) is 4.41. The van der Waals surface area contributed by atoms with Gasteiger partial charge in [-0.2, -0.15) is 0 Å². The summed E-state index contributed by atoms with van der Waals surface area (Å²) in [5.41, 5.74) is 1.49. The minimum Gasteiger partial charge on any atom is -0.481 e. The molecule has 1 saturated heterocycles. The molecule has 0 aliphatic carbocycles. The van der Waals surface area contributed by atoms with Crippen LogP contribution in [0.5, 0.6) is 0 Å². The van der Waals surface area contributed by atoms with Crippen molar-refractivity contribution in [1.29, 1.82) is 0 Å². The lowest BCUT2D eigenvalue weighted by molar-refractivity contribution is -0.142. The minimum absolute atomic E-state index is 0.0452. The van der Waals surface area contributed by atoms with Gasteiger partial charge in [-0.05, 0) is 18.9 Å². The zero-order valence-electron chi connectivity index (χ0n) is 12.0. The first-order chi connectivity index (χ1) is 9.99. The number of carbonyl (C=O) groups excluding carboxylic acids is 1. The van der Waals surface area contributed by atoms with Crippen LogP contribution in [0, 0.1) is 18.8 Å². The van der Waals surface area contributed by atoms with E-state index in [-0.39, 0.29) is 18.4 Å². The van der Waals surface area contributed by atoms with Crippen molar-refractivity contribution in [2.75, 3.05) is 13.1 Å². The molecule has 5 nitrogen and oxygen atoms in total. The van der Waals surface area contributed by atoms with Crippen LogP contribution in [-0.4, -0.2) is 35.0 Å². The summed E-state index contributed by atoms with van der Waals surface area (Å²) in [6, 6.07) is 7.50. The fraction of sp³-hybridized carbons (Fsp3) is 0.375. The fourth-order valence-electron chi connectivity index (χ4n) is 2.98. The molecule has 1 aliphatic heterocycles. The van der Waals surface area contributed by atoms with E-state index in [1.807, 2.05) is 38.1 Å². The van der Waals surface area contributed by atoms with Crippen LogP contribution in [0.15, 0.2) is 28.7 Å². The number of likely N-dealkylation sites (tertiary alicyclic amines) is 1. The number of carbonyl (C=O) groups is 2. The number of rotatable bonds is 2. The lowest BCUT2D eigenvalue weighted by Gasteiger charge is -2.14. The molecule has 0 radical (unpaired) electrons. The molecule has 1 amide bonds. The maximum absolute atomic E-state index is 12.6. The standard InChI is InChI=1S/C16H17NO4/c1-9-7-17(8-12(9)16(19)20)15(18)14-10(2)11-5-3-4-6-13(11)21-14/h3-6,9,12H,7-8H2,1-2H3,(H,19,20)/t9-,12-/m1/s1. The number of para-hydroxylation sites is 1. The molecule has 1 aromatic carbocycles. The Bertz CT molecular complexity index is 718. The fourth-order valence-corrected chi connectivity index (χ4v) is 2.98. The van der Waals surface area contributed by atoms with Crippen molar-refractivity contribution in [2.24, 2.45) is 11.8 Å². The van der Waals surface area contributed by atoms with Gasteiger partial charge in [0.05, 0.1) is 5.92 Å². The molecule has 0 spiro atoms. The van der Waals surface area contributed by atoms with Crippen LogP contribution in [0.2, 0.25) is 0 Å². The summed E-state index contributed by atoms with van der Waals surface area (Å²) < 4.78 is 5.67. The molecule has 1 N–H and O–H groups in total. The van der Waals surface area contributed by atoms with Crippen molar-refractivity contribution < 1.29 is 19.1 Å². The van der Waals surface area contributed by atoms with Crippen LogP contribution in [-0.2, 0) is 4.79 Å². The van der Waals surface area contributed by atoms with Gasteiger partial charge in [0.2, 0.25) is 0 Å². The van der Waals surface area contributed by atoms with Crippen molar-refractivity contribution in [1.82, 2.24) is 4.90 Å². The number of carboxylic acids is 1. The van der Waals surface area contributed by atoms with Crippen molar-refractivity contribution in [3.8, 4) is 0 Å². The third kappa shape index (κ3) is 2.18. The Labute approximate surface area is 122 Å². The molecule has 2 atom stereocenters. The lowest BCUT2D eigenvalue weighted by Crippen LogP contribution is -2.30. The van der Waals surface area contributed by atoms with E-state index in [0.29, 0.717) is 17.9 Å². The topological polar surface area (TPSA) is 70.8 Å². The van der Waals surface area contributed by atoms with Crippen LogP contribution < -0.4 is 0 Å². The Morgan fingerprint density at radius 3 is 2.62 bits per heavy atom. The Kier molecular flexibility index (Phi) is 3.20. The van der Waals surface area contributed by atoms with E-state index < -0.39 is 11.9 Å². The molecule has 5 heteroatoms. The molecular formula is C16H17NO4. The molecule has 0 saturated carbocycles. The summed E-state index contributed by atoms with van der Waals surface area (Å²) in [5, 5.41) is 10.1. The van der Waals surface area contributed by atoms with Gasteiger partial charge in [-0.3, -0.25) is 9.59 Å². The molecular weight excluding hydrogens is 270 g/mol. The predicted molar refractivity (Wildman–Crippen MR) is 77.1 cm³/mol. The van der Waals surface area contributed by atoms with Crippen LogP contribution in [0.4, 0.5) is 0 Å². The number of hydrogen-bond acceptors (Lipinski definition) is 3. The number of carboxylic acid groups (broad SMARTS) is 1. The maximum Gasteiger partial charge on any atom is 0.308 e. The molecule has 110 valence electrons. The molecule has 2 aromatic rings.